The van der Waals surface area contributed by atoms with Gasteiger partial charge in [-0.25, -0.2) is 0 Å². The number of aromatic nitrogens is 1. The standard InChI is InChI=1S/C19H25N3O2/c23-19(16-14-18-4-1-2-7-22(18)15-16)21-9-3-8-20(10-11-21)17-5-12-24-13-6-17/h1-2,4,7,14-15,17H,3,5-6,8-13H2. The largest absolute Gasteiger partial charge is 0.381 e. The van der Waals surface area contributed by atoms with Crippen LogP contribution in [0.3, 0.4) is 0 Å². The first-order chi connectivity index (χ1) is 11.8. The SMILES string of the molecule is O=C(c1cc2ccccn2c1)N1CCCN(C2CCOCC2)CC1. The Hall–Kier alpha value is -1.85. The van der Waals surface area contributed by atoms with Crippen LogP contribution in [0.4, 0.5) is 0 Å². The quantitative estimate of drug-likeness (QED) is 0.849. The number of amides is 1. The van der Waals surface area contributed by atoms with Gasteiger partial charge in [-0.1, -0.05) is 6.07 Å². The van der Waals surface area contributed by atoms with Crippen molar-refractivity contribution in [2.45, 2.75) is 25.3 Å². The number of rotatable bonds is 2. The van der Waals surface area contributed by atoms with Crippen LogP contribution in [-0.4, -0.2) is 65.5 Å². The molecule has 0 saturated carbocycles. The highest BCUT2D eigenvalue weighted by Gasteiger charge is 2.26. The van der Waals surface area contributed by atoms with E-state index in [1.807, 2.05) is 46.0 Å². The fourth-order valence-electron chi connectivity index (χ4n) is 3.91. The van der Waals surface area contributed by atoms with E-state index in [-0.39, 0.29) is 5.91 Å². The van der Waals surface area contributed by atoms with E-state index in [4.69, 9.17) is 4.74 Å². The number of hydrogen-bond acceptors (Lipinski definition) is 3. The summed E-state index contributed by atoms with van der Waals surface area (Å²) in [5.41, 5.74) is 1.86. The van der Waals surface area contributed by atoms with Crippen LogP contribution in [0.5, 0.6) is 0 Å². The molecule has 1 amide bonds. The van der Waals surface area contributed by atoms with Gasteiger partial charge in [0.1, 0.15) is 0 Å². The maximum atomic E-state index is 12.9. The number of fused-ring (bicyclic) bond motifs is 1. The zero-order valence-corrected chi connectivity index (χ0v) is 14.1. The Morgan fingerprint density at radius 2 is 1.96 bits per heavy atom. The minimum Gasteiger partial charge on any atom is -0.381 e. The summed E-state index contributed by atoms with van der Waals surface area (Å²) in [6, 6.07) is 8.64. The Labute approximate surface area is 142 Å². The number of nitrogens with zero attached hydrogens (tertiary/aromatic N) is 3. The average molecular weight is 327 g/mol. The minimum atomic E-state index is 0.160. The summed E-state index contributed by atoms with van der Waals surface area (Å²) in [4.78, 5) is 17.5. The molecule has 4 heterocycles. The summed E-state index contributed by atoms with van der Waals surface area (Å²) < 4.78 is 7.49. The molecule has 2 aliphatic rings. The second-order valence-electron chi connectivity index (χ2n) is 6.79. The van der Waals surface area contributed by atoms with Gasteiger partial charge in [-0.05, 0) is 37.5 Å². The smallest absolute Gasteiger partial charge is 0.255 e. The molecule has 5 nitrogen and oxygen atoms in total. The van der Waals surface area contributed by atoms with E-state index in [1.54, 1.807) is 0 Å². The van der Waals surface area contributed by atoms with Gasteiger partial charge in [-0.2, -0.15) is 0 Å². The first-order valence-corrected chi connectivity index (χ1v) is 8.99. The minimum absolute atomic E-state index is 0.160. The van der Waals surface area contributed by atoms with Crippen molar-refractivity contribution in [1.29, 1.82) is 0 Å². The average Bonchev–Trinajstić information content (AvgIpc) is 2.91. The Morgan fingerprint density at radius 1 is 1.08 bits per heavy atom. The topological polar surface area (TPSA) is 37.2 Å². The second kappa shape index (κ2) is 6.95. The molecule has 0 radical (unpaired) electrons. The summed E-state index contributed by atoms with van der Waals surface area (Å²) in [7, 11) is 0. The van der Waals surface area contributed by atoms with Crippen molar-refractivity contribution < 1.29 is 9.53 Å². The third-order valence-electron chi connectivity index (χ3n) is 5.28. The Kier molecular flexibility index (Phi) is 4.54. The van der Waals surface area contributed by atoms with E-state index >= 15 is 0 Å². The highest BCUT2D eigenvalue weighted by molar-refractivity contribution is 5.95. The highest BCUT2D eigenvalue weighted by Crippen LogP contribution is 2.18. The summed E-state index contributed by atoms with van der Waals surface area (Å²) in [5, 5.41) is 0. The summed E-state index contributed by atoms with van der Waals surface area (Å²) >= 11 is 0. The lowest BCUT2D eigenvalue weighted by molar-refractivity contribution is 0.0351. The van der Waals surface area contributed by atoms with E-state index < -0.39 is 0 Å². The molecular formula is C19H25N3O2. The molecule has 2 aliphatic heterocycles. The van der Waals surface area contributed by atoms with Crippen molar-refractivity contribution in [2.75, 3.05) is 39.4 Å². The van der Waals surface area contributed by atoms with E-state index in [9.17, 15) is 4.79 Å². The normalized spacial score (nSPS) is 21.1. The van der Waals surface area contributed by atoms with Gasteiger partial charge in [0.05, 0.1) is 5.56 Å². The van der Waals surface area contributed by atoms with Gasteiger partial charge in [0, 0.05) is 63.3 Å². The predicted octanol–water partition coefficient (Wildman–Crippen LogP) is 2.27. The number of hydrogen-bond donors (Lipinski definition) is 0. The van der Waals surface area contributed by atoms with E-state index in [1.165, 1.54) is 0 Å². The lowest BCUT2D eigenvalue weighted by Gasteiger charge is -2.33. The number of carbonyl (C=O) groups is 1. The molecule has 2 aromatic heterocycles. The number of ether oxygens (including phenoxy) is 1. The summed E-state index contributed by atoms with van der Waals surface area (Å²) in [6.45, 7) is 5.49. The molecule has 0 atom stereocenters. The van der Waals surface area contributed by atoms with Crippen molar-refractivity contribution in [1.82, 2.24) is 14.2 Å². The summed E-state index contributed by atoms with van der Waals surface area (Å²) in [5.74, 6) is 0.160. The van der Waals surface area contributed by atoms with Crippen molar-refractivity contribution >= 4 is 11.4 Å². The number of pyridine rings is 1. The molecule has 2 fully saturated rings. The van der Waals surface area contributed by atoms with Gasteiger partial charge < -0.3 is 14.0 Å². The molecule has 0 spiro atoms. The molecular weight excluding hydrogens is 302 g/mol. The van der Waals surface area contributed by atoms with Gasteiger partial charge in [0.2, 0.25) is 0 Å². The Morgan fingerprint density at radius 3 is 2.79 bits per heavy atom. The van der Waals surface area contributed by atoms with Crippen molar-refractivity contribution in [3.63, 3.8) is 0 Å². The fraction of sp³-hybridized carbons (Fsp3) is 0.526. The molecule has 2 aromatic rings. The maximum absolute atomic E-state index is 12.9. The molecule has 2 saturated heterocycles. The lowest BCUT2D eigenvalue weighted by Crippen LogP contribution is -2.42. The summed E-state index contributed by atoms with van der Waals surface area (Å²) in [6.07, 6.45) is 7.23. The zero-order chi connectivity index (χ0) is 16.4. The molecule has 128 valence electrons. The molecule has 0 bridgehead atoms. The van der Waals surface area contributed by atoms with Crippen LogP contribution in [0.25, 0.3) is 5.52 Å². The maximum Gasteiger partial charge on any atom is 0.255 e. The first kappa shape index (κ1) is 15.7. The van der Waals surface area contributed by atoms with Crippen LogP contribution in [0, 0.1) is 0 Å². The van der Waals surface area contributed by atoms with E-state index in [0.29, 0.717) is 6.04 Å². The number of carbonyl (C=O) groups excluding carboxylic acids is 1. The van der Waals surface area contributed by atoms with Gasteiger partial charge in [-0.3, -0.25) is 9.69 Å². The molecule has 0 aromatic carbocycles. The Balaban J connectivity index is 1.43. The zero-order valence-electron chi connectivity index (χ0n) is 14.1. The van der Waals surface area contributed by atoms with Crippen LogP contribution < -0.4 is 0 Å². The van der Waals surface area contributed by atoms with Crippen LogP contribution in [0.15, 0.2) is 36.7 Å². The third-order valence-corrected chi connectivity index (χ3v) is 5.28. The van der Waals surface area contributed by atoms with Crippen LogP contribution in [0.2, 0.25) is 0 Å². The lowest BCUT2D eigenvalue weighted by atomic mass is 10.1. The monoisotopic (exact) mass is 327 g/mol. The second-order valence-corrected chi connectivity index (χ2v) is 6.79. The molecule has 0 aliphatic carbocycles. The van der Waals surface area contributed by atoms with E-state index in [2.05, 4.69) is 4.90 Å². The van der Waals surface area contributed by atoms with Crippen molar-refractivity contribution in [3.8, 4) is 0 Å². The van der Waals surface area contributed by atoms with E-state index in [0.717, 1.165) is 69.7 Å². The van der Waals surface area contributed by atoms with Crippen LogP contribution >= 0.6 is 0 Å². The molecule has 4 rings (SSSR count). The van der Waals surface area contributed by atoms with Gasteiger partial charge in [0.15, 0.2) is 0 Å². The van der Waals surface area contributed by atoms with Crippen molar-refractivity contribution in [3.05, 3.63) is 42.2 Å². The fourth-order valence-corrected chi connectivity index (χ4v) is 3.91. The van der Waals surface area contributed by atoms with Gasteiger partial charge >= 0.3 is 0 Å². The molecule has 5 heteroatoms. The van der Waals surface area contributed by atoms with Crippen molar-refractivity contribution in [2.24, 2.45) is 0 Å². The Bertz CT molecular complexity index is 672. The first-order valence-electron chi connectivity index (χ1n) is 8.99. The van der Waals surface area contributed by atoms with Gasteiger partial charge in [0.25, 0.3) is 5.91 Å². The molecule has 0 unspecified atom stereocenters. The predicted molar refractivity (Wildman–Crippen MR) is 93.3 cm³/mol. The third kappa shape index (κ3) is 3.19. The molecule has 24 heavy (non-hydrogen) atoms. The van der Waals surface area contributed by atoms with Crippen LogP contribution in [-0.2, 0) is 4.74 Å². The van der Waals surface area contributed by atoms with Crippen LogP contribution in [0.1, 0.15) is 29.6 Å². The molecule has 0 N–H and O–H groups in total. The highest BCUT2D eigenvalue weighted by atomic mass is 16.5. The van der Waals surface area contributed by atoms with Gasteiger partial charge in [-0.15, -0.1) is 0 Å².